The van der Waals surface area contributed by atoms with Crippen molar-refractivity contribution in [2.75, 3.05) is 19.0 Å². The van der Waals surface area contributed by atoms with Gasteiger partial charge in [0, 0.05) is 27.3 Å². The fourth-order valence-corrected chi connectivity index (χ4v) is 3.01. The highest BCUT2D eigenvalue weighted by atomic mass is 35.5. The second-order valence-electron chi connectivity index (χ2n) is 6.30. The van der Waals surface area contributed by atoms with Crippen LogP contribution in [0, 0.1) is 0 Å². The van der Waals surface area contributed by atoms with Gasteiger partial charge in [0.25, 0.3) is 0 Å². The van der Waals surface area contributed by atoms with Gasteiger partial charge >= 0.3 is 0 Å². The summed E-state index contributed by atoms with van der Waals surface area (Å²) in [4.78, 5) is 15.4. The van der Waals surface area contributed by atoms with E-state index in [1.165, 1.54) is 6.07 Å². The number of halogens is 1. The third-order valence-corrected chi connectivity index (χ3v) is 5.17. The van der Waals surface area contributed by atoms with Gasteiger partial charge in [-0.2, -0.15) is 5.10 Å². The molecule has 0 aliphatic heterocycles. The van der Waals surface area contributed by atoms with Crippen LogP contribution in [-0.2, 0) is 11.5 Å². The van der Waals surface area contributed by atoms with E-state index < -0.39 is 8.07 Å². The first-order valence-electron chi connectivity index (χ1n) is 7.13. The summed E-state index contributed by atoms with van der Waals surface area (Å²) in [5.41, 5.74) is 1.52. The number of hydrogen-bond donors (Lipinski definition) is 1. The lowest BCUT2D eigenvalue weighted by molar-refractivity contribution is 0.0805. The maximum absolute atomic E-state index is 11.2. The van der Waals surface area contributed by atoms with Crippen molar-refractivity contribution in [2.45, 2.75) is 32.4 Å². The minimum absolute atomic E-state index is 0.269. The van der Waals surface area contributed by atoms with Gasteiger partial charge in [-0.15, -0.1) is 0 Å². The summed E-state index contributed by atoms with van der Waals surface area (Å²) in [6.07, 6.45) is 0.735. The summed E-state index contributed by atoms with van der Waals surface area (Å²) in [7, 11) is 0.658. The van der Waals surface area contributed by atoms with Crippen LogP contribution in [0.2, 0.25) is 30.8 Å². The number of hydrogen-bond acceptors (Lipinski definition) is 5. The normalized spacial score (nSPS) is 11.9. The van der Waals surface area contributed by atoms with Crippen molar-refractivity contribution >= 4 is 42.8 Å². The van der Waals surface area contributed by atoms with Gasteiger partial charge in [-0.1, -0.05) is 31.2 Å². The number of aldehydes is 1. The van der Waals surface area contributed by atoms with E-state index in [4.69, 9.17) is 16.3 Å². The molecule has 0 saturated carbocycles. The summed E-state index contributed by atoms with van der Waals surface area (Å²) in [5.74, 6) is 0.689. The Balaban J connectivity index is 2.24. The number of aromatic nitrogens is 3. The topological polar surface area (TPSA) is 69.0 Å². The molecule has 2 aromatic rings. The molecule has 1 N–H and O–H groups in total. The average molecular weight is 341 g/mol. The highest BCUT2D eigenvalue weighted by Gasteiger charge is 2.17. The van der Waals surface area contributed by atoms with Gasteiger partial charge in [-0.25, -0.2) is 9.67 Å². The molecule has 2 rings (SSSR count). The van der Waals surface area contributed by atoms with E-state index in [0.717, 1.165) is 12.3 Å². The molecule has 0 saturated heterocycles. The number of nitrogens with one attached hydrogen (secondary N) is 1. The lowest BCUT2D eigenvalue weighted by atomic mass is 10.2. The molecule has 0 fully saturated rings. The van der Waals surface area contributed by atoms with E-state index in [1.807, 2.05) is 0 Å². The van der Waals surface area contributed by atoms with Crippen molar-refractivity contribution in [3.63, 3.8) is 0 Å². The summed E-state index contributed by atoms with van der Waals surface area (Å²) >= 11 is 5.96. The summed E-state index contributed by atoms with van der Waals surface area (Å²) in [6, 6.07) is 2.60. The number of rotatable bonds is 7. The third-order valence-electron chi connectivity index (χ3n) is 3.27. The lowest BCUT2D eigenvalue weighted by Gasteiger charge is -2.15. The predicted octanol–water partition coefficient (Wildman–Crippen LogP) is 3.25. The molecule has 0 unspecified atom stereocenters. The maximum atomic E-state index is 11.2. The Labute approximate surface area is 135 Å². The Morgan fingerprint density at radius 2 is 2.14 bits per heavy atom. The first kappa shape index (κ1) is 16.9. The van der Waals surface area contributed by atoms with E-state index in [1.54, 1.807) is 11.7 Å². The van der Waals surface area contributed by atoms with Crippen molar-refractivity contribution in [3.05, 3.63) is 16.8 Å². The first-order valence-corrected chi connectivity index (χ1v) is 11.2. The van der Waals surface area contributed by atoms with Crippen molar-refractivity contribution in [3.8, 4) is 0 Å². The molecule has 0 spiro atoms. The van der Waals surface area contributed by atoms with E-state index >= 15 is 0 Å². The van der Waals surface area contributed by atoms with Gasteiger partial charge in [0.05, 0.1) is 0 Å². The molecule has 2 aromatic heterocycles. The SMILES string of the molecule is CNc1c2nc(Cl)cc(C=O)c2nn1COCC[Si](C)(C)C. The first-order chi connectivity index (χ1) is 10.4. The van der Waals surface area contributed by atoms with Crippen LogP contribution in [0.3, 0.4) is 0 Å². The minimum Gasteiger partial charge on any atom is -0.371 e. The molecule has 0 amide bonds. The van der Waals surface area contributed by atoms with Crippen molar-refractivity contribution in [2.24, 2.45) is 0 Å². The quantitative estimate of drug-likeness (QED) is 0.362. The zero-order valence-corrected chi connectivity index (χ0v) is 15.1. The van der Waals surface area contributed by atoms with E-state index in [-0.39, 0.29) is 5.15 Å². The van der Waals surface area contributed by atoms with Crippen LogP contribution >= 0.6 is 11.6 Å². The number of carbonyl (C=O) groups excluding carboxylic acids is 1. The molecule has 120 valence electrons. The van der Waals surface area contributed by atoms with Gasteiger partial charge in [0.2, 0.25) is 0 Å². The van der Waals surface area contributed by atoms with Crippen molar-refractivity contribution in [1.82, 2.24) is 14.8 Å². The Bertz CT molecular complexity index is 682. The van der Waals surface area contributed by atoms with E-state index in [2.05, 4.69) is 35.0 Å². The second kappa shape index (κ2) is 6.76. The van der Waals surface area contributed by atoms with Crippen LogP contribution in [-0.4, -0.2) is 42.8 Å². The Morgan fingerprint density at radius 3 is 2.73 bits per heavy atom. The van der Waals surface area contributed by atoms with Gasteiger partial charge in [-0.05, 0) is 12.1 Å². The molecule has 0 aliphatic carbocycles. The number of nitrogens with zero attached hydrogens (tertiary/aromatic N) is 3. The number of carbonyl (C=O) groups is 1. The fraction of sp³-hybridized carbons (Fsp3) is 0.500. The third kappa shape index (κ3) is 3.85. The maximum Gasteiger partial charge on any atom is 0.153 e. The zero-order valence-electron chi connectivity index (χ0n) is 13.3. The highest BCUT2D eigenvalue weighted by molar-refractivity contribution is 6.76. The fourth-order valence-electron chi connectivity index (χ4n) is 2.05. The molecule has 0 aromatic carbocycles. The highest BCUT2D eigenvalue weighted by Crippen LogP contribution is 2.25. The van der Waals surface area contributed by atoms with Gasteiger partial charge in [0.1, 0.15) is 22.9 Å². The van der Waals surface area contributed by atoms with Gasteiger partial charge < -0.3 is 10.1 Å². The summed E-state index contributed by atoms with van der Waals surface area (Å²) in [6.45, 7) is 7.93. The average Bonchev–Trinajstić information content (AvgIpc) is 2.79. The molecular weight excluding hydrogens is 320 g/mol. The van der Waals surface area contributed by atoms with Crippen LogP contribution in [0.1, 0.15) is 10.4 Å². The van der Waals surface area contributed by atoms with Crippen molar-refractivity contribution < 1.29 is 9.53 Å². The predicted molar refractivity (Wildman–Crippen MR) is 91.6 cm³/mol. The molecule has 2 heterocycles. The van der Waals surface area contributed by atoms with Crippen LogP contribution < -0.4 is 5.32 Å². The summed E-state index contributed by atoms with van der Waals surface area (Å²) in [5, 5.41) is 7.73. The van der Waals surface area contributed by atoms with E-state index in [9.17, 15) is 4.79 Å². The van der Waals surface area contributed by atoms with Crippen molar-refractivity contribution in [1.29, 1.82) is 0 Å². The number of anilines is 1. The Kier molecular flexibility index (Phi) is 5.20. The molecule has 0 bridgehead atoms. The molecule has 22 heavy (non-hydrogen) atoms. The van der Waals surface area contributed by atoms with Crippen LogP contribution in [0.25, 0.3) is 11.0 Å². The number of pyridine rings is 1. The molecule has 0 radical (unpaired) electrons. The number of ether oxygens (including phenoxy) is 1. The second-order valence-corrected chi connectivity index (χ2v) is 12.3. The zero-order chi connectivity index (χ0) is 16.3. The van der Waals surface area contributed by atoms with Crippen LogP contribution in [0.5, 0.6) is 0 Å². The summed E-state index contributed by atoms with van der Waals surface area (Å²) < 4.78 is 7.39. The monoisotopic (exact) mass is 340 g/mol. The van der Waals surface area contributed by atoms with E-state index in [0.29, 0.717) is 35.8 Å². The minimum atomic E-state index is -1.12. The Morgan fingerprint density at radius 1 is 1.41 bits per heavy atom. The molecule has 8 heteroatoms. The Hall–Kier alpha value is -1.44. The largest absolute Gasteiger partial charge is 0.371 e. The molecular formula is C14H21ClN4O2Si. The van der Waals surface area contributed by atoms with Gasteiger partial charge in [0.15, 0.2) is 12.1 Å². The standard InChI is InChI=1S/C14H21ClN4O2Si/c1-16-14-13-12(10(8-20)7-11(15)17-13)18-19(14)9-21-5-6-22(2,3)4/h7-8,16H,5-6,9H2,1-4H3. The lowest BCUT2D eigenvalue weighted by Crippen LogP contribution is -2.22. The molecule has 6 nitrogen and oxygen atoms in total. The van der Waals surface area contributed by atoms with Crippen LogP contribution in [0.4, 0.5) is 5.82 Å². The van der Waals surface area contributed by atoms with Crippen LogP contribution in [0.15, 0.2) is 6.07 Å². The van der Waals surface area contributed by atoms with Gasteiger partial charge in [-0.3, -0.25) is 4.79 Å². The number of fused-ring (bicyclic) bond motifs is 1. The smallest absolute Gasteiger partial charge is 0.153 e. The molecule has 0 atom stereocenters. The molecule has 0 aliphatic rings.